The fourth-order valence-corrected chi connectivity index (χ4v) is 5.66. The van der Waals surface area contributed by atoms with Crippen molar-refractivity contribution in [3.8, 4) is 0 Å². The van der Waals surface area contributed by atoms with Crippen LogP contribution in [-0.2, 0) is 28.4 Å². The summed E-state index contributed by atoms with van der Waals surface area (Å²) in [6.07, 6.45) is 38.8. The van der Waals surface area contributed by atoms with Gasteiger partial charge in [0, 0.05) is 19.4 Å². The van der Waals surface area contributed by atoms with Crippen molar-refractivity contribution in [2.75, 3.05) is 13.2 Å². The highest BCUT2D eigenvalue weighted by Gasteiger charge is 2.22. The van der Waals surface area contributed by atoms with E-state index in [0.717, 1.165) is 64.2 Å². The first-order chi connectivity index (χ1) is 22.8. The molecule has 47 heavy (non-hydrogen) atoms. The van der Waals surface area contributed by atoms with Crippen LogP contribution in [0.4, 0.5) is 0 Å². The zero-order valence-corrected chi connectivity index (χ0v) is 31.2. The van der Waals surface area contributed by atoms with E-state index in [4.69, 9.17) is 10.8 Å². The van der Waals surface area contributed by atoms with Crippen LogP contribution in [0.25, 0.3) is 0 Å². The molecule has 0 unspecified atom stereocenters. The van der Waals surface area contributed by atoms with Gasteiger partial charge in [-0.2, -0.15) is 0 Å². The average Bonchev–Trinajstić information content (AvgIpc) is 3.04. The molecular formula is C38H73NO7S. The van der Waals surface area contributed by atoms with Crippen molar-refractivity contribution in [2.24, 2.45) is 5.73 Å². The second-order valence-corrected chi connectivity index (χ2v) is 13.6. The summed E-state index contributed by atoms with van der Waals surface area (Å²) in [5.74, 6) is -1.74. The number of allylic oxidation sites excluding steroid dienone is 4. The molecule has 0 radical (unpaired) electrons. The van der Waals surface area contributed by atoms with E-state index in [1.54, 1.807) is 0 Å². The Labute approximate surface area is 290 Å². The molecule has 0 aromatic rings. The maximum Gasteiger partial charge on any atom is 0.506 e. The van der Waals surface area contributed by atoms with Gasteiger partial charge in [0.1, 0.15) is 0 Å². The monoisotopic (exact) mass is 688 g/mol. The number of aliphatic hydroxyl groups excluding tert-OH is 1. The lowest BCUT2D eigenvalue weighted by atomic mass is 10.1. The zero-order chi connectivity index (χ0) is 35.1. The molecule has 0 saturated carbocycles. The fraction of sp³-hybridized carbons (Fsp3) is 0.842. The quantitative estimate of drug-likeness (QED) is 0.0514. The van der Waals surface area contributed by atoms with Crippen LogP contribution >= 0.6 is 0 Å². The van der Waals surface area contributed by atoms with E-state index in [1.807, 2.05) is 0 Å². The molecule has 9 heteroatoms. The highest BCUT2D eigenvalue weighted by atomic mass is 32.3. The van der Waals surface area contributed by atoms with Crippen LogP contribution < -0.4 is 5.73 Å². The van der Waals surface area contributed by atoms with E-state index in [0.29, 0.717) is 19.4 Å². The Balaban J connectivity index is 0. The molecule has 0 saturated heterocycles. The first-order valence-electron chi connectivity index (χ1n) is 19.1. The van der Waals surface area contributed by atoms with E-state index < -0.39 is 22.3 Å². The van der Waals surface area contributed by atoms with Crippen molar-refractivity contribution in [2.45, 2.75) is 194 Å². The van der Waals surface area contributed by atoms with Gasteiger partial charge in [0.05, 0.1) is 6.61 Å². The lowest BCUT2D eigenvalue weighted by Crippen LogP contribution is -2.19. The summed E-state index contributed by atoms with van der Waals surface area (Å²) in [4.78, 5) is 23.7. The SMILES string of the molecule is CCCCCCCC/C=C\CCCCCCCC(=O)OS(=O)(=O)OC(=O)CCCCCCC/C=C\CCCCCCCC.NCCO. The van der Waals surface area contributed by atoms with E-state index in [1.165, 1.54) is 89.9 Å². The number of carbonyl (C=O) groups excluding carboxylic acids is 2. The fourth-order valence-electron chi connectivity index (χ4n) is 5.01. The molecule has 0 aliphatic carbocycles. The predicted molar refractivity (Wildman–Crippen MR) is 196 cm³/mol. The third-order valence-corrected chi connectivity index (χ3v) is 8.58. The molecule has 0 spiro atoms. The number of aliphatic hydroxyl groups is 1. The molecule has 0 bridgehead atoms. The van der Waals surface area contributed by atoms with Gasteiger partial charge in [0.2, 0.25) is 0 Å². The van der Waals surface area contributed by atoms with E-state index in [9.17, 15) is 18.0 Å². The van der Waals surface area contributed by atoms with Crippen LogP contribution in [0.15, 0.2) is 24.3 Å². The van der Waals surface area contributed by atoms with Gasteiger partial charge in [-0.25, -0.2) is 0 Å². The van der Waals surface area contributed by atoms with Crippen molar-refractivity contribution in [1.29, 1.82) is 0 Å². The Hall–Kier alpha value is -1.71. The number of hydrogen-bond donors (Lipinski definition) is 2. The summed E-state index contributed by atoms with van der Waals surface area (Å²) in [7, 11) is -4.64. The minimum absolute atomic E-state index is 0.00315. The topological polar surface area (TPSA) is 133 Å². The molecular weight excluding hydrogens is 614 g/mol. The zero-order valence-electron chi connectivity index (χ0n) is 30.4. The van der Waals surface area contributed by atoms with Gasteiger partial charge in [-0.05, 0) is 64.2 Å². The molecule has 8 nitrogen and oxygen atoms in total. The second kappa shape index (κ2) is 38.7. The second-order valence-electron chi connectivity index (χ2n) is 12.5. The van der Waals surface area contributed by atoms with Crippen LogP contribution in [0.3, 0.4) is 0 Å². The molecule has 0 atom stereocenters. The lowest BCUT2D eigenvalue weighted by Gasteiger charge is -2.06. The van der Waals surface area contributed by atoms with Gasteiger partial charge >= 0.3 is 22.3 Å². The Kier molecular flexibility index (Phi) is 39.1. The molecule has 0 aliphatic rings. The van der Waals surface area contributed by atoms with E-state index in [2.05, 4.69) is 46.5 Å². The van der Waals surface area contributed by atoms with Gasteiger partial charge in [0.25, 0.3) is 0 Å². The average molecular weight is 688 g/mol. The summed E-state index contributed by atoms with van der Waals surface area (Å²) in [6, 6.07) is 0. The minimum Gasteiger partial charge on any atom is -0.395 e. The molecule has 0 fully saturated rings. The van der Waals surface area contributed by atoms with Crippen molar-refractivity contribution in [3.63, 3.8) is 0 Å². The highest BCUT2D eigenvalue weighted by Crippen LogP contribution is 2.13. The first kappa shape index (κ1) is 47.4. The highest BCUT2D eigenvalue weighted by molar-refractivity contribution is 7.82. The standard InChI is InChI=1S/C36H66O6S.C2H7NO/c1-3-5-7-9-11-13-15-17-19-21-23-25-27-29-31-33-35(37)41-43(39,40)42-36(38)34-32-30-28-26-24-22-20-18-16-14-12-10-8-6-4-2;3-1-2-4/h17-20H,3-16,21-34H2,1-2H3;4H,1-3H2/b19-17-,20-18-;. The Morgan fingerprint density at radius 3 is 1.04 bits per heavy atom. The smallest absolute Gasteiger partial charge is 0.395 e. The van der Waals surface area contributed by atoms with Gasteiger partial charge in [-0.15, -0.1) is 8.42 Å². The number of nitrogens with two attached hydrogens (primary N) is 1. The van der Waals surface area contributed by atoms with Crippen molar-refractivity contribution in [3.05, 3.63) is 24.3 Å². The Bertz CT molecular complexity index is 781. The summed E-state index contributed by atoms with van der Waals surface area (Å²) in [6.45, 7) is 4.96. The summed E-state index contributed by atoms with van der Waals surface area (Å²) in [5, 5.41) is 7.75. The van der Waals surface area contributed by atoms with Crippen LogP contribution in [0, 0.1) is 0 Å². The molecule has 0 aromatic carbocycles. The molecule has 0 amide bonds. The normalized spacial score (nSPS) is 11.6. The van der Waals surface area contributed by atoms with Gasteiger partial charge in [-0.3, -0.25) is 9.59 Å². The summed E-state index contributed by atoms with van der Waals surface area (Å²) >= 11 is 0. The predicted octanol–water partition coefficient (Wildman–Crippen LogP) is 10.3. The van der Waals surface area contributed by atoms with Crippen LogP contribution in [0.1, 0.15) is 194 Å². The van der Waals surface area contributed by atoms with Gasteiger partial charge in [-0.1, -0.05) is 141 Å². The van der Waals surface area contributed by atoms with Crippen LogP contribution in [-0.4, -0.2) is 38.6 Å². The maximum atomic E-state index is 11.9. The molecule has 0 aromatic heterocycles. The third kappa shape index (κ3) is 42.3. The molecule has 0 heterocycles. The summed E-state index contributed by atoms with van der Waals surface area (Å²) < 4.78 is 32.6. The van der Waals surface area contributed by atoms with Gasteiger partial charge in [0.15, 0.2) is 0 Å². The van der Waals surface area contributed by atoms with Crippen LogP contribution in [0.5, 0.6) is 0 Å². The number of hydrogen-bond acceptors (Lipinski definition) is 8. The molecule has 3 N–H and O–H groups in total. The van der Waals surface area contributed by atoms with Crippen molar-refractivity contribution < 1.29 is 31.5 Å². The van der Waals surface area contributed by atoms with E-state index in [-0.39, 0.29) is 19.4 Å². The number of carbonyl (C=O) groups is 2. The van der Waals surface area contributed by atoms with Crippen LogP contribution in [0.2, 0.25) is 0 Å². The Morgan fingerprint density at radius 2 is 0.766 bits per heavy atom. The number of unbranched alkanes of at least 4 members (excludes halogenated alkanes) is 22. The largest absolute Gasteiger partial charge is 0.506 e. The van der Waals surface area contributed by atoms with Gasteiger partial charge < -0.3 is 19.2 Å². The molecule has 0 aliphatic heterocycles. The minimum atomic E-state index is -4.64. The summed E-state index contributed by atoms with van der Waals surface area (Å²) in [5.41, 5.74) is 4.78. The van der Waals surface area contributed by atoms with E-state index >= 15 is 0 Å². The third-order valence-electron chi connectivity index (χ3n) is 7.80. The number of rotatable bonds is 33. The first-order valence-corrected chi connectivity index (χ1v) is 20.5. The molecule has 0 rings (SSSR count). The lowest BCUT2D eigenvalue weighted by molar-refractivity contribution is -0.138. The maximum absolute atomic E-state index is 11.9. The Morgan fingerprint density at radius 1 is 0.511 bits per heavy atom. The van der Waals surface area contributed by atoms with Crippen molar-refractivity contribution in [1.82, 2.24) is 0 Å². The molecule has 278 valence electrons. The van der Waals surface area contributed by atoms with Crippen molar-refractivity contribution >= 4 is 22.3 Å².